The first kappa shape index (κ1) is 37.8. The second-order valence-electron chi connectivity index (χ2n) is 11.8. The molecule has 5 heterocycles. The molecule has 2 saturated heterocycles. The Labute approximate surface area is 299 Å². The molecule has 0 radical (unpaired) electrons. The van der Waals surface area contributed by atoms with Gasteiger partial charge in [0, 0.05) is 31.5 Å². The number of anilines is 1. The zero-order chi connectivity index (χ0) is 36.8. The highest BCUT2D eigenvalue weighted by Gasteiger charge is 2.52. The second-order valence-corrected chi connectivity index (χ2v) is 15.9. The maximum atomic E-state index is 14.6. The number of nitrogens with one attached hydrogen (secondary N) is 1. The van der Waals surface area contributed by atoms with E-state index in [1.807, 2.05) is 0 Å². The highest BCUT2D eigenvalue weighted by molar-refractivity contribution is 8.55. The minimum absolute atomic E-state index is 0.0100. The van der Waals surface area contributed by atoms with Crippen molar-refractivity contribution in [2.75, 3.05) is 31.8 Å². The minimum atomic E-state index is -4.30. The number of H-pyrrole nitrogens is 1. The first-order valence-electron chi connectivity index (χ1n) is 16.3. The number of esters is 1. The van der Waals surface area contributed by atoms with Crippen LogP contribution in [0.3, 0.4) is 0 Å². The van der Waals surface area contributed by atoms with Gasteiger partial charge in [-0.3, -0.25) is 28.0 Å². The molecule has 280 valence electrons. The van der Waals surface area contributed by atoms with Gasteiger partial charge in [-0.25, -0.2) is 29.1 Å². The average Bonchev–Trinajstić information content (AvgIpc) is 3.83. The van der Waals surface area contributed by atoms with Crippen molar-refractivity contribution in [2.45, 2.75) is 68.8 Å². The molecule has 0 saturated carbocycles. The van der Waals surface area contributed by atoms with Crippen LogP contribution in [0.15, 0.2) is 64.8 Å². The Balaban J connectivity index is 1.16. The fourth-order valence-corrected chi connectivity index (χ4v) is 9.50. The van der Waals surface area contributed by atoms with Crippen LogP contribution in [0.2, 0.25) is 0 Å². The van der Waals surface area contributed by atoms with E-state index in [1.54, 1.807) is 34.9 Å². The van der Waals surface area contributed by atoms with Crippen LogP contribution in [-0.2, 0) is 32.6 Å². The van der Waals surface area contributed by atoms with Gasteiger partial charge in [-0.1, -0.05) is 18.2 Å². The summed E-state index contributed by atoms with van der Waals surface area (Å²) >= 11 is 0.838. The van der Waals surface area contributed by atoms with E-state index < -0.39 is 73.8 Å². The predicted octanol–water partition coefficient (Wildman–Crippen LogP) is 1.74. The van der Waals surface area contributed by atoms with Gasteiger partial charge in [0.15, 0.2) is 24.0 Å². The van der Waals surface area contributed by atoms with Crippen molar-refractivity contribution in [1.29, 1.82) is 0 Å². The number of imidazole rings is 1. The van der Waals surface area contributed by atoms with E-state index in [2.05, 4.69) is 19.9 Å². The van der Waals surface area contributed by atoms with Gasteiger partial charge in [-0.05, 0) is 42.8 Å². The number of aliphatic hydroxyl groups is 2. The number of nitrogen functional groups attached to an aromatic ring is 1. The lowest BCUT2D eigenvalue weighted by Gasteiger charge is -2.29. The number of fused-ring (bicyclic) bond motifs is 1. The monoisotopic (exact) mass is 763 g/mol. The normalized spacial score (nSPS) is 25.7. The number of carbonyl (C=O) groups is 1. The highest BCUT2D eigenvalue weighted by atomic mass is 32.7. The summed E-state index contributed by atoms with van der Waals surface area (Å²) in [6.07, 6.45) is -2.66. The minimum Gasteiger partial charge on any atom is -0.462 e. The van der Waals surface area contributed by atoms with E-state index in [1.165, 1.54) is 26.0 Å². The van der Waals surface area contributed by atoms with Gasteiger partial charge >= 0.3 is 18.5 Å². The number of nitrogens with zero attached hydrogens (tertiary/aromatic N) is 5. The number of benzene rings is 1. The van der Waals surface area contributed by atoms with Crippen molar-refractivity contribution in [2.24, 2.45) is 0 Å². The van der Waals surface area contributed by atoms with Gasteiger partial charge < -0.3 is 34.9 Å². The molecule has 2 aliphatic rings. The Morgan fingerprint density at radius 2 is 1.88 bits per heavy atom. The van der Waals surface area contributed by atoms with Crippen LogP contribution in [-0.4, -0.2) is 102 Å². The fourth-order valence-electron chi connectivity index (χ4n) is 5.80. The zero-order valence-corrected chi connectivity index (χ0v) is 29.5. The summed E-state index contributed by atoms with van der Waals surface area (Å²) in [6, 6.07) is 9.74. The van der Waals surface area contributed by atoms with E-state index in [0.717, 1.165) is 22.0 Å². The molecule has 5 N–H and O–H groups in total. The molecule has 52 heavy (non-hydrogen) atoms. The van der Waals surface area contributed by atoms with Crippen molar-refractivity contribution in [1.82, 2.24) is 29.1 Å². The molecule has 0 aliphatic carbocycles. The summed E-state index contributed by atoms with van der Waals surface area (Å²) in [6.45, 7) is -4.74. The van der Waals surface area contributed by atoms with E-state index in [0.29, 0.717) is 36.0 Å². The number of hydrogen-bond acceptors (Lipinski definition) is 17. The van der Waals surface area contributed by atoms with Crippen LogP contribution in [0, 0.1) is 0 Å². The molecule has 2 aliphatic heterocycles. The molecule has 2 fully saturated rings. The summed E-state index contributed by atoms with van der Waals surface area (Å²) in [4.78, 5) is 51.1. The topological polar surface area (TPSA) is 254 Å². The first-order valence-corrected chi connectivity index (χ1v) is 19.4. The molecule has 6 rings (SSSR count). The van der Waals surface area contributed by atoms with Crippen molar-refractivity contribution in [3.05, 3.63) is 81.7 Å². The van der Waals surface area contributed by atoms with E-state index in [4.69, 9.17) is 33.7 Å². The standard InChI is InChI=1S/C31H38N7O12PS/c1-45-25-24(20(15-39)47-28(25)37-11-10-21(41)36-31(37)43)49-51(44,52-13-7-3-6-12-46-29(42)18-8-4-2-5-9-18)50-30-19(40)14-22(48-30)38-17-35-23-26(32)33-16-34-27(23)38/h2,4-5,8-11,16-17,19-20,22,24-25,28,30,39-40H,3,6-7,12-15H2,1H3,(H2,32,33,34)(H,36,41,43)/t19?,20-,22-,24?,25+,28-,30-,51?/m1/s1. The number of hydrogen-bond donors (Lipinski definition) is 4. The molecule has 19 nitrogen and oxygen atoms in total. The Kier molecular flexibility index (Phi) is 12.2. The molecule has 0 amide bonds. The number of unbranched alkanes of at least 4 members (excludes halogenated alkanes) is 2. The van der Waals surface area contributed by atoms with Gasteiger partial charge in [0.25, 0.3) is 5.56 Å². The number of rotatable bonds is 16. The molecule has 0 spiro atoms. The third-order valence-corrected chi connectivity index (χ3v) is 12.1. The largest absolute Gasteiger partial charge is 0.462 e. The van der Waals surface area contributed by atoms with Gasteiger partial charge in [-0.15, -0.1) is 0 Å². The molecule has 21 heteroatoms. The van der Waals surface area contributed by atoms with Crippen LogP contribution in [0.5, 0.6) is 0 Å². The van der Waals surface area contributed by atoms with Crippen LogP contribution in [0.1, 0.15) is 48.5 Å². The Morgan fingerprint density at radius 1 is 1.08 bits per heavy atom. The lowest BCUT2D eigenvalue weighted by Crippen LogP contribution is -2.40. The first-order chi connectivity index (χ1) is 25.1. The molecular formula is C31H38N7O12PS. The molecule has 0 bridgehead atoms. The SMILES string of the molecule is CO[C@H]1C(OP(=O)(O[C@H]2O[C@@H](n3cnc4c(N)ncnc43)CC2O)SCCCCCOC(=O)c2ccccc2)[C@@H](CO)O[C@H]1n1ccc(=O)[nH]c1=O. The van der Waals surface area contributed by atoms with Crippen molar-refractivity contribution >= 4 is 41.1 Å². The maximum absolute atomic E-state index is 14.6. The number of ether oxygens (including phenoxy) is 4. The van der Waals surface area contributed by atoms with Crippen LogP contribution < -0.4 is 17.0 Å². The smallest absolute Gasteiger partial charge is 0.391 e. The van der Waals surface area contributed by atoms with Gasteiger partial charge in [0.2, 0.25) is 0 Å². The molecule has 3 aromatic heterocycles. The van der Waals surface area contributed by atoms with Gasteiger partial charge in [0.05, 0.1) is 25.1 Å². The highest BCUT2D eigenvalue weighted by Crippen LogP contribution is 2.64. The third kappa shape index (κ3) is 8.46. The van der Waals surface area contributed by atoms with Crippen LogP contribution in [0.4, 0.5) is 5.82 Å². The van der Waals surface area contributed by atoms with Crippen molar-refractivity contribution in [3.63, 3.8) is 0 Å². The zero-order valence-electron chi connectivity index (χ0n) is 27.8. The summed E-state index contributed by atoms with van der Waals surface area (Å²) in [7, 11) is 1.32. The lowest BCUT2D eigenvalue weighted by atomic mass is 10.1. The number of methoxy groups -OCH3 is 1. The summed E-state index contributed by atoms with van der Waals surface area (Å²) in [5.74, 6) is -0.0242. The fraction of sp³-hybridized carbons (Fsp3) is 0.484. The number of aromatic amines is 1. The summed E-state index contributed by atoms with van der Waals surface area (Å²) in [5.41, 5.74) is 5.63. The molecule has 4 aromatic rings. The van der Waals surface area contributed by atoms with Crippen LogP contribution >= 0.6 is 18.2 Å². The summed E-state index contributed by atoms with van der Waals surface area (Å²) < 4.78 is 52.2. The molecular weight excluding hydrogens is 725 g/mol. The Morgan fingerprint density at radius 3 is 2.63 bits per heavy atom. The average molecular weight is 764 g/mol. The summed E-state index contributed by atoms with van der Waals surface area (Å²) in [5, 5.41) is 21.3. The maximum Gasteiger partial charge on any atom is 0.391 e. The number of aromatic nitrogens is 6. The van der Waals surface area contributed by atoms with E-state index >= 15 is 0 Å². The van der Waals surface area contributed by atoms with E-state index in [-0.39, 0.29) is 24.6 Å². The Bertz CT molecular complexity index is 2000. The Hall–Kier alpha value is -3.98. The van der Waals surface area contributed by atoms with Gasteiger partial charge in [0.1, 0.15) is 42.5 Å². The van der Waals surface area contributed by atoms with Crippen molar-refractivity contribution < 1.29 is 47.6 Å². The molecule has 1 aromatic carbocycles. The molecule has 8 atom stereocenters. The van der Waals surface area contributed by atoms with Crippen LogP contribution in [0.25, 0.3) is 11.2 Å². The van der Waals surface area contributed by atoms with Crippen molar-refractivity contribution in [3.8, 4) is 0 Å². The number of aliphatic hydroxyl groups excluding tert-OH is 2. The number of nitrogens with two attached hydrogens (primary N) is 1. The lowest BCUT2D eigenvalue weighted by molar-refractivity contribution is -0.131. The number of carbonyl (C=O) groups excluding carboxylic acids is 1. The predicted molar refractivity (Wildman–Crippen MR) is 184 cm³/mol. The molecule has 3 unspecified atom stereocenters. The van der Waals surface area contributed by atoms with Gasteiger partial charge in [-0.2, -0.15) is 0 Å². The van der Waals surface area contributed by atoms with E-state index in [9.17, 15) is 29.2 Å². The third-order valence-electron chi connectivity index (χ3n) is 8.37. The second kappa shape index (κ2) is 16.8. The quantitative estimate of drug-likeness (QED) is 0.0720.